The second-order valence-corrected chi connectivity index (χ2v) is 1.62. The molecule has 0 radical (unpaired) electrons. The molecule has 5 nitrogen and oxygen atoms in total. The predicted molar refractivity (Wildman–Crippen MR) is 36.6 cm³/mol. The molecule has 0 aromatic heterocycles. The molecule has 0 aliphatic heterocycles. The third kappa shape index (κ3) is 6.03. The molecule has 0 bridgehead atoms. The van der Waals surface area contributed by atoms with Crippen molar-refractivity contribution in [3.63, 3.8) is 0 Å². The van der Waals surface area contributed by atoms with E-state index in [0.717, 1.165) is 0 Å². The third-order valence-corrected chi connectivity index (χ3v) is 0.738. The van der Waals surface area contributed by atoms with E-state index >= 15 is 0 Å². The number of carbonyl (C=O) groups excluding carboxylic acids is 1. The van der Waals surface area contributed by atoms with E-state index in [1.165, 1.54) is 0 Å². The van der Waals surface area contributed by atoms with Gasteiger partial charge in [0.15, 0.2) is 0 Å². The van der Waals surface area contributed by atoms with Gasteiger partial charge in [0, 0.05) is 0 Å². The number of hydrogen-bond donors (Lipinski definition) is 3. The summed E-state index contributed by atoms with van der Waals surface area (Å²) in [4.78, 5) is 19.9. The van der Waals surface area contributed by atoms with Gasteiger partial charge in [-0.1, -0.05) is 0 Å². The molecule has 0 saturated heterocycles. The van der Waals surface area contributed by atoms with E-state index in [0.29, 0.717) is 0 Å². The van der Waals surface area contributed by atoms with Crippen molar-refractivity contribution >= 4 is 41.4 Å². The van der Waals surface area contributed by atoms with Crippen molar-refractivity contribution in [1.29, 1.82) is 0 Å². The second kappa shape index (κ2) is 5.67. The minimum absolute atomic E-state index is 0. The summed E-state index contributed by atoms with van der Waals surface area (Å²) in [5.41, 5.74) is 9.57. The van der Waals surface area contributed by atoms with Crippen molar-refractivity contribution in [1.82, 2.24) is 0 Å². The number of hydrogen-bond acceptors (Lipinski definition) is 3. The van der Waals surface area contributed by atoms with Gasteiger partial charge < -0.3 is 16.6 Å². The molecule has 0 fully saturated rings. The SMILES string of the molecule is NC(=O)C[C@H](N)C(=O)O.[NaH]. The van der Waals surface area contributed by atoms with Crippen molar-refractivity contribution in [2.45, 2.75) is 12.5 Å². The Balaban J connectivity index is 0. The standard InChI is InChI=1S/C4H8N2O3.Na.H/c5-2(4(8)9)1-3(6)7;;/h2H,1,5H2,(H2,6,7)(H,8,9);;/t2-;;/m0../s1. The molecule has 0 aliphatic carbocycles. The first kappa shape index (κ1) is 12.6. The first-order chi connectivity index (χ1) is 4.04. The molecule has 1 atom stereocenters. The first-order valence-corrected chi connectivity index (χ1v) is 2.30. The molecule has 5 N–H and O–H groups in total. The van der Waals surface area contributed by atoms with Crippen LogP contribution in [0.3, 0.4) is 0 Å². The van der Waals surface area contributed by atoms with E-state index in [-0.39, 0.29) is 36.0 Å². The molecule has 0 aliphatic rings. The molecule has 0 spiro atoms. The number of carboxylic acids is 1. The summed E-state index contributed by atoms with van der Waals surface area (Å²) >= 11 is 0. The van der Waals surface area contributed by atoms with Crippen molar-refractivity contribution < 1.29 is 14.7 Å². The molecule has 0 unspecified atom stereocenters. The summed E-state index contributed by atoms with van der Waals surface area (Å²) in [5, 5.41) is 8.10. The molecule has 0 heterocycles. The van der Waals surface area contributed by atoms with Crippen LogP contribution in [0.15, 0.2) is 0 Å². The van der Waals surface area contributed by atoms with Gasteiger partial charge in [-0.05, 0) is 0 Å². The number of carbonyl (C=O) groups is 2. The van der Waals surface area contributed by atoms with Crippen LogP contribution in [0.2, 0.25) is 0 Å². The van der Waals surface area contributed by atoms with Crippen LogP contribution in [0.25, 0.3) is 0 Å². The zero-order chi connectivity index (χ0) is 7.44. The molecule has 1 amide bonds. The van der Waals surface area contributed by atoms with Crippen LogP contribution in [0, 0.1) is 0 Å². The van der Waals surface area contributed by atoms with Gasteiger partial charge in [-0.3, -0.25) is 9.59 Å². The number of carboxylic acid groups (broad SMARTS) is 1. The molecule has 0 rings (SSSR count). The van der Waals surface area contributed by atoms with Crippen LogP contribution in [0.4, 0.5) is 0 Å². The van der Waals surface area contributed by atoms with E-state index in [2.05, 4.69) is 5.73 Å². The Morgan fingerprint density at radius 3 is 2.00 bits per heavy atom. The summed E-state index contributed by atoms with van der Waals surface area (Å²) in [5.74, 6) is -1.92. The Morgan fingerprint density at radius 2 is 1.90 bits per heavy atom. The van der Waals surface area contributed by atoms with Crippen LogP contribution in [-0.4, -0.2) is 52.6 Å². The zero-order valence-corrected chi connectivity index (χ0v) is 4.70. The van der Waals surface area contributed by atoms with Gasteiger partial charge in [-0.2, -0.15) is 0 Å². The van der Waals surface area contributed by atoms with Gasteiger partial charge in [0.05, 0.1) is 6.42 Å². The predicted octanol–water partition coefficient (Wildman–Crippen LogP) is -2.37. The van der Waals surface area contributed by atoms with Crippen molar-refractivity contribution in [2.75, 3.05) is 0 Å². The van der Waals surface area contributed by atoms with Crippen molar-refractivity contribution in [2.24, 2.45) is 11.5 Å². The van der Waals surface area contributed by atoms with Crippen molar-refractivity contribution in [3.8, 4) is 0 Å². The fourth-order valence-electron chi connectivity index (χ4n) is 0.304. The topological polar surface area (TPSA) is 106 Å². The average molecular weight is 156 g/mol. The number of nitrogens with two attached hydrogens (primary N) is 2. The number of rotatable bonds is 3. The Kier molecular flexibility index (Phi) is 7.12. The Labute approximate surface area is 80.0 Å². The quantitative estimate of drug-likeness (QED) is 0.397. The molecule has 54 valence electrons. The van der Waals surface area contributed by atoms with E-state index in [1.54, 1.807) is 0 Å². The van der Waals surface area contributed by atoms with Gasteiger partial charge in [0.1, 0.15) is 6.04 Å². The van der Waals surface area contributed by atoms with Crippen LogP contribution in [0.5, 0.6) is 0 Å². The van der Waals surface area contributed by atoms with Crippen LogP contribution in [-0.2, 0) is 9.59 Å². The Morgan fingerprint density at radius 1 is 1.50 bits per heavy atom. The summed E-state index contributed by atoms with van der Waals surface area (Å²) in [7, 11) is 0. The van der Waals surface area contributed by atoms with E-state index in [1.807, 2.05) is 0 Å². The summed E-state index contributed by atoms with van der Waals surface area (Å²) in [6.07, 6.45) is -0.310. The monoisotopic (exact) mass is 156 g/mol. The zero-order valence-electron chi connectivity index (χ0n) is 4.70. The Hall–Kier alpha value is -0.100. The summed E-state index contributed by atoms with van der Waals surface area (Å²) < 4.78 is 0. The molecular weight excluding hydrogens is 147 g/mol. The van der Waals surface area contributed by atoms with Gasteiger partial charge >= 0.3 is 35.5 Å². The van der Waals surface area contributed by atoms with E-state index in [9.17, 15) is 9.59 Å². The molecule has 0 aromatic rings. The van der Waals surface area contributed by atoms with Crippen LogP contribution < -0.4 is 11.5 Å². The molecule has 0 saturated carbocycles. The average Bonchev–Trinajstić information content (AvgIpc) is 1.63. The maximum atomic E-state index is 9.99. The summed E-state index contributed by atoms with van der Waals surface area (Å²) in [6, 6.07) is -1.16. The van der Waals surface area contributed by atoms with Crippen LogP contribution >= 0.6 is 0 Å². The molecule has 6 heteroatoms. The number of amides is 1. The molecule has 0 aromatic carbocycles. The van der Waals surface area contributed by atoms with Gasteiger partial charge in [-0.25, -0.2) is 0 Å². The normalized spacial score (nSPS) is 11.3. The maximum absolute atomic E-state index is 9.99. The van der Waals surface area contributed by atoms with Crippen molar-refractivity contribution in [3.05, 3.63) is 0 Å². The van der Waals surface area contributed by atoms with Gasteiger partial charge in [0.2, 0.25) is 5.91 Å². The van der Waals surface area contributed by atoms with Gasteiger partial charge in [-0.15, -0.1) is 0 Å². The molecule has 10 heavy (non-hydrogen) atoms. The second-order valence-electron chi connectivity index (χ2n) is 1.62. The summed E-state index contributed by atoms with van der Waals surface area (Å²) in [6.45, 7) is 0. The third-order valence-electron chi connectivity index (χ3n) is 0.738. The van der Waals surface area contributed by atoms with E-state index in [4.69, 9.17) is 10.8 Å². The van der Waals surface area contributed by atoms with E-state index < -0.39 is 17.9 Å². The number of aliphatic carboxylic acids is 1. The number of primary amides is 1. The van der Waals surface area contributed by atoms with Crippen LogP contribution in [0.1, 0.15) is 6.42 Å². The first-order valence-electron chi connectivity index (χ1n) is 2.30. The Bertz CT molecular complexity index is 138. The fraction of sp³-hybridized carbons (Fsp3) is 0.500. The molecular formula is C4H9N2NaO3. The fourth-order valence-corrected chi connectivity index (χ4v) is 0.304. The minimum atomic E-state index is -1.21. The van der Waals surface area contributed by atoms with Gasteiger partial charge in [0.25, 0.3) is 0 Å².